The lowest BCUT2D eigenvalue weighted by molar-refractivity contribution is -0.137. The summed E-state index contributed by atoms with van der Waals surface area (Å²) >= 11 is 5.81. The van der Waals surface area contributed by atoms with Crippen molar-refractivity contribution in [3.8, 4) is 11.3 Å². The minimum absolute atomic E-state index is 0.126. The summed E-state index contributed by atoms with van der Waals surface area (Å²) in [5.41, 5.74) is 1.15. The first-order chi connectivity index (χ1) is 10.4. The molecule has 3 aromatic rings. The number of pyridine rings is 1. The molecule has 1 aromatic carbocycles. The number of benzene rings is 1. The van der Waals surface area contributed by atoms with Crippen LogP contribution in [-0.4, -0.2) is 9.97 Å². The van der Waals surface area contributed by atoms with E-state index in [1.807, 2.05) is 6.92 Å². The van der Waals surface area contributed by atoms with Crippen LogP contribution >= 0.6 is 11.6 Å². The summed E-state index contributed by atoms with van der Waals surface area (Å²) in [6, 6.07) is 9.18. The van der Waals surface area contributed by atoms with Crippen LogP contribution in [0.1, 0.15) is 18.1 Å². The fraction of sp³-hybridized carbons (Fsp3) is 0.188. The van der Waals surface area contributed by atoms with Crippen molar-refractivity contribution in [1.29, 1.82) is 0 Å². The molecule has 1 N–H and O–H groups in total. The number of aromatic nitrogens is 2. The van der Waals surface area contributed by atoms with E-state index < -0.39 is 11.7 Å². The molecular weight excluding hydrogens is 313 g/mol. The van der Waals surface area contributed by atoms with Crippen LogP contribution in [0.25, 0.3) is 22.3 Å². The van der Waals surface area contributed by atoms with E-state index in [1.165, 1.54) is 6.07 Å². The van der Waals surface area contributed by atoms with Crippen LogP contribution in [0.5, 0.6) is 0 Å². The molecule has 0 aliphatic rings. The zero-order chi connectivity index (χ0) is 15.9. The third-order valence-corrected chi connectivity index (χ3v) is 3.74. The van der Waals surface area contributed by atoms with Crippen molar-refractivity contribution >= 4 is 22.6 Å². The number of hydrogen-bond donors (Lipinski definition) is 1. The van der Waals surface area contributed by atoms with Gasteiger partial charge in [-0.15, -0.1) is 0 Å². The van der Waals surface area contributed by atoms with Crippen molar-refractivity contribution in [3.63, 3.8) is 0 Å². The quantitative estimate of drug-likeness (QED) is 0.623. The third-order valence-electron chi connectivity index (χ3n) is 3.53. The number of rotatable bonds is 2. The average molecular weight is 325 g/mol. The van der Waals surface area contributed by atoms with E-state index in [1.54, 1.807) is 24.3 Å². The van der Waals surface area contributed by atoms with E-state index in [9.17, 15) is 13.2 Å². The van der Waals surface area contributed by atoms with Gasteiger partial charge in [0, 0.05) is 16.6 Å². The molecule has 0 aliphatic carbocycles. The van der Waals surface area contributed by atoms with Gasteiger partial charge in [0.25, 0.3) is 0 Å². The van der Waals surface area contributed by atoms with Gasteiger partial charge in [-0.05, 0) is 42.3 Å². The Balaban J connectivity index is 2.23. The number of H-pyrrole nitrogens is 1. The van der Waals surface area contributed by atoms with Crippen LogP contribution in [-0.2, 0) is 12.6 Å². The Morgan fingerprint density at radius 2 is 1.91 bits per heavy atom. The maximum Gasteiger partial charge on any atom is 0.417 e. The molecule has 0 unspecified atom stereocenters. The Morgan fingerprint density at radius 1 is 1.14 bits per heavy atom. The molecule has 3 rings (SSSR count). The van der Waals surface area contributed by atoms with Crippen molar-refractivity contribution < 1.29 is 13.2 Å². The van der Waals surface area contributed by atoms with Gasteiger partial charge in [-0.25, -0.2) is 4.98 Å². The third kappa shape index (κ3) is 2.68. The highest BCUT2D eigenvalue weighted by Crippen LogP contribution is 2.38. The molecule has 0 saturated heterocycles. The molecule has 0 saturated carbocycles. The molecule has 0 radical (unpaired) electrons. The van der Waals surface area contributed by atoms with Gasteiger partial charge in [-0.1, -0.05) is 24.6 Å². The topological polar surface area (TPSA) is 28.7 Å². The summed E-state index contributed by atoms with van der Waals surface area (Å²) in [6.45, 7) is 1.90. The van der Waals surface area contributed by atoms with E-state index in [0.29, 0.717) is 22.9 Å². The number of nitrogens with one attached hydrogen (secondary N) is 1. The standard InChI is InChI=1S/C16H12ClF3N2/c1-2-9-3-5-12(16(18,19)20)11(7-9)13-8-10-4-6-14(17)22-15(10)21-13/h3-8H,2H2,1H3,(H,21,22). The number of hydrogen-bond acceptors (Lipinski definition) is 1. The molecule has 6 heteroatoms. The van der Waals surface area contributed by atoms with Gasteiger partial charge in [0.05, 0.1) is 5.56 Å². The number of aryl methyl sites for hydroxylation is 1. The van der Waals surface area contributed by atoms with Crippen LogP contribution in [0.4, 0.5) is 13.2 Å². The second-order valence-corrected chi connectivity index (χ2v) is 5.37. The maximum atomic E-state index is 13.2. The molecule has 0 amide bonds. The van der Waals surface area contributed by atoms with Gasteiger partial charge >= 0.3 is 6.18 Å². The lowest BCUT2D eigenvalue weighted by Gasteiger charge is -2.13. The van der Waals surface area contributed by atoms with Gasteiger partial charge in [0.2, 0.25) is 0 Å². The lowest BCUT2D eigenvalue weighted by Crippen LogP contribution is -2.07. The van der Waals surface area contributed by atoms with Crippen LogP contribution in [0.15, 0.2) is 36.4 Å². The van der Waals surface area contributed by atoms with Gasteiger partial charge < -0.3 is 4.98 Å². The molecule has 114 valence electrons. The first-order valence-corrected chi connectivity index (χ1v) is 7.12. The average Bonchev–Trinajstić information content (AvgIpc) is 2.88. The molecule has 22 heavy (non-hydrogen) atoms. The summed E-state index contributed by atoms with van der Waals surface area (Å²) in [4.78, 5) is 7.01. The molecular formula is C16H12ClF3N2. The highest BCUT2D eigenvalue weighted by Gasteiger charge is 2.34. The second kappa shape index (κ2) is 5.32. The zero-order valence-electron chi connectivity index (χ0n) is 11.6. The predicted molar refractivity (Wildman–Crippen MR) is 80.9 cm³/mol. The van der Waals surface area contributed by atoms with Gasteiger partial charge in [-0.2, -0.15) is 13.2 Å². The second-order valence-electron chi connectivity index (χ2n) is 4.99. The molecule has 2 heterocycles. The number of nitrogens with zero attached hydrogens (tertiary/aromatic N) is 1. The fourth-order valence-electron chi connectivity index (χ4n) is 2.41. The normalized spacial score (nSPS) is 12.0. The lowest BCUT2D eigenvalue weighted by atomic mass is 9.99. The van der Waals surface area contributed by atoms with Crippen LogP contribution in [0, 0.1) is 0 Å². The van der Waals surface area contributed by atoms with Crippen LogP contribution < -0.4 is 0 Å². The summed E-state index contributed by atoms with van der Waals surface area (Å²) in [6.07, 6.45) is -3.75. The van der Waals surface area contributed by atoms with Crippen molar-refractivity contribution in [2.24, 2.45) is 0 Å². The van der Waals surface area contributed by atoms with E-state index in [4.69, 9.17) is 11.6 Å². The first-order valence-electron chi connectivity index (χ1n) is 6.74. The van der Waals surface area contributed by atoms with Gasteiger partial charge in [-0.3, -0.25) is 0 Å². The van der Waals surface area contributed by atoms with E-state index in [2.05, 4.69) is 9.97 Å². The Morgan fingerprint density at radius 3 is 2.59 bits per heavy atom. The number of fused-ring (bicyclic) bond motifs is 1. The molecule has 0 aliphatic heterocycles. The van der Waals surface area contributed by atoms with Crippen molar-refractivity contribution in [1.82, 2.24) is 9.97 Å². The largest absolute Gasteiger partial charge is 0.417 e. The Labute approximate surface area is 129 Å². The Bertz CT molecular complexity index is 837. The highest BCUT2D eigenvalue weighted by atomic mass is 35.5. The molecule has 2 aromatic heterocycles. The number of alkyl halides is 3. The van der Waals surface area contributed by atoms with Gasteiger partial charge in [0.15, 0.2) is 0 Å². The van der Waals surface area contributed by atoms with Crippen molar-refractivity contribution in [2.75, 3.05) is 0 Å². The van der Waals surface area contributed by atoms with Crippen LogP contribution in [0.2, 0.25) is 5.15 Å². The van der Waals surface area contributed by atoms with Crippen molar-refractivity contribution in [2.45, 2.75) is 19.5 Å². The maximum absolute atomic E-state index is 13.2. The van der Waals surface area contributed by atoms with E-state index in [-0.39, 0.29) is 5.56 Å². The monoisotopic (exact) mass is 324 g/mol. The summed E-state index contributed by atoms with van der Waals surface area (Å²) in [5, 5.41) is 1.01. The zero-order valence-corrected chi connectivity index (χ0v) is 12.4. The summed E-state index contributed by atoms with van der Waals surface area (Å²) < 4.78 is 39.7. The molecule has 0 bridgehead atoms. The smallest absolute Gasteiger partial charge is 0.339 e. The Hall–Kier alpha value is -2.01. The van der Waals surface area contributed by atoms with Gasteiger partial charge in [0.1, 0.15) is 10.8 Å². The Kier molecular flexibility index (Phi) is 3.60. The highest BCUT2D eigenvalue weighted by molar-refractivity contribution is 6.29. The number of aromatic amines is 1. The van der Waals surface area contributed by atoms with E-state index >= 15 is 0 Å². The SMILES string of the molecule is CCc1ccc(C(F)(F)F)c(-c2cc3ccc(Cl)nc3[nH]2)c1. The molecule has 0 fully saturated rings. The molecule has 0 spiro atoms. The minimum Gasteiger partial charge on any atom is -0.339 e. The van der Waals surface area contributed by atoms with Crippen LogP contribution in [0.3, 0.4) is 0 Å². The summed E-state index contributed by atoms with van der Waals surface area (Å²) in [7, 11) is 0. The fourth-order valence-corrected chi connectivity index (χ4v) is 2.56. The number of halogens is 4. The first kappa shape index (κ1) is 14.9. The van der Waals surface area contributed by atoms with E-state index in [0.717, 1.165) is 17.0 Å². The summed E-state index contributed by atoms with van der Waals surface area (Å²) in [5.74, 6) is 0. The van der Waals surface area contributed by atoms with Crippen molar-refractivity contribution in [3.05, 3.63) is 52.7 Å². The molecule has 0 atom stereocenters. The predicted octanol–water partition coefficient (Wildman–Crippen LogP) is 5.46. The minimum atomic E-state index is -4.41. The molecule has 2 nitrogen and oxygen atoms in total.